The molecule has 4 aliphatic carbocycles. The zero-order chi connectivity index (χ0) is 55.5. The number of carbonyl (C=O) groups is 2. The van der Waals surface area contributed by atoms with Gasteiger partial charge in [0.05, 0.1) is 22.3 Å². The number of thiophene rings is 2. The van der Waals surface area contributed by atoms with Gasteiger partial charge in [-0.2, -0.15) is 0 Å². The first kappa shape index (κ1) is 61.9. The van der Waals surface area contributed by atoms with Crippen molar-refractivity contribution in [1.82, 2.24) is 0 Å². The third kappa shape index (κ3) is 17.8. The zero-order valence-corrected chi connectivity index (χ0v) is 49.4. The first-order chi connectivity index (χ1) is 38.1. The molecule has 0 fully saturated rings. The van der Waals surface area contributed by atoms with Crippen LogP contribution in [0.2, 0.25) is 0 Å². The number of unbranched alkanes of at least 4 members (excludes halogenated alkanes) is 20. The van der Waals surface area contributed by atoms with Gasteiger partial charge in [0.1, 0.15) is 0 Å². The fraction of sp³-hybridized carbons (Fsp3) is 0.529. The van der Waals surface area contributed by atoms with E-state index in [2.05, 4.69) is 27.7 Å². The van der Waals surface area contributed by atoms with E-state index in [1.165, 1.54) is 103 Å². The second kappa shape index (κ2) is 34.0. The molecule has 2 aromatic heterocycles. The Morgan fingerprint density at radius 2 is 0.667 bits per heavy atom. The van der Waals surface area contributed by atoms with Gasteiger partial charge in [0, 0.05) is 34.0 Å². The zero-order valence-electron chi connectivity index (χ0n) is 47.8. The maximum Gasteiger partial charge on any atom is 0.336 e. The van der Waals surface area contributed by atoms with Crippen LogP contribution in [0.25, 0.3) is 54.3 Å². The monoisotopic (exact) mass is 1100 g/mol. The molecule has 78 heavy (non-hydrogen) atoms. The van der Waals surface area contributed by atoms with E-state index in [1.807, 2.05) is 71.4 Å². The number of fused-ring (bicyclic) bond motifs is 2. The van der Waals surface area contributed by atoms with E-state index in [9.17, 15) is 30.0 Å². The topological polar surface area (TPSA) is 140 Å². The lowest BCUT2D eigenvalue weighted by Crippen LogP contribution is -2.12. The molecule has 4 N–H and O–H groups in total. The van der Waals surface area contributed by atoms with E-state index in [1.54, 1.807) is 34.8 Å². The van der Waals surface area contributed by atoms with Crippen molar-refractivity contribution < 1.29 is 30.0 Å². The SMILES string of the molecule is CCCCCCCCC(CCCCCCCC)CN=C(O)c1c2ccc(-c3cccs3)ccc-2c(C(=O)O)c1-c1c(C(=O)O)c2ccc(-c3cccs3)ccc-2c1C(O)=NCC(CCCCCCCC)CCCCCCCC. The van der Waals surface area contributed by atoms with Gasteiger partial charge < -0.3 is 20.4 Å². The highest BCUT2D eigenvalue weighted by atomic mass is 32.1. The molecule has 2 heterocycles. The van der Waals surface area contributed by atoms with Crippen molar-refractivity contribution in [2.24, 2.45) is 21.8 Å². The second-order valence-corrected chi connectivity index (χ2v) is 23.9. The molecule has 6 rings (SSSR count). The largest absolute Gasteiger partial charge is 0.493 e. The predicted molar refractivity (Wildman–Crippen MR) is 333 cm³/mol. The molecular weight excluding hydrogens is 1000 g/mol. The Bertz CT molecular complexity index is 2490. The molecule has 0 bridgehead atoms. The summed E-state index contributed by atoms with van der Waals surface area (Å²) in [7, 11) is 0. The molecule has 0 saturated heterocycles. The van der Waals surface area contributed by atoms with Crippen LogP contribution in [0, 0.1) is 11.8 Å². The maximum atomic E-state index is 14.2. The van der Waals surface area contributed by atoms with Crippen LogP contribution >= 0.6 is 22.7 Å². The summed E-state index contributed by atoms with van der Waals surface area (Å²) in [6.45, 7) is 9.62. The molecule has 10 heteroatoms. The van der Waals surface area contributed by atoms with Crippen LogP contribution in [0.15, 0.2) is 93.5 Å². The van der Waals surface area contributed by atoms with E-state index in [0.717, 1.165) is 97.9 Å². The molecule has 422 valence electrons. The van der Waals surface area contributed by atoms with Crippen molar-refractivity contribution >= 4 is 46.4 Å². The van der Waals surface area contributed by atoms with Gasteiger partial charge in [0.15, 0.2) is 0 Å². The standard InChI is InChI=1S/C68H92N2O6S2/c1-5-9-13-17-21-25-31-49(32-26-22-18-14-10-6-2)47-69-65(71)59-53-41-37-51(57-35-29-45-77-57)39-43-55(53)61(67(73)74)63(59)64-60(54-42-38-52(58-36-30-46-78-58)40-44-56(54)62(64)68(75)76)66(72)70-48-50(33-27-23-19-15-11-7-3)34-28-24-20-16-12-8-4/h29-30,35-46,49-50H,5-28,31-34,47-48H2,1-4H3,(H,69,71)(H,70,72)(H,73,74)(H,75,76). The van der Waals surface area contributed by atoms with Gasteiger partial charge in [-0.1, -0.05) is 242 Å². The van der Waals surface area contributed by atoms with Crippen molar-refractivity contribution in [2.45, 2.75) is 207 Å². The number of aliphatic imine (C=N–C) groups is 2. The lowest BCUT2D eigenvalue weighted by Gasteiger charge is -2.16. The third-order valence-electron chi connectivity index (χ3n) is 16.0. The van der Waals surface area contributed by atoms with Gasteiger partial charge in [-0.15, -0.1) is 22.7 Å². The molecule has 0 amide bonds. The number of aliphatic hydroxyl groups is 2. The van der Waals surface area contributed by atoms with Gasteiger partial charge in [-0.3, -0.25) is 9.98 Å². The average Bonchev–Trinajstić information content (AvgIpc) is 4.31. The molecule has 0 atom stereocenters. The summed E-state index contributed by atoms with van der Waals surface area (Å²) in [6, 6.07) is 22.8. The number of carboxylic acids is 2. The summed E-state index contributed by atoms with van der Waals surface area (Å²) in [5.74, 6) is -2.83. The molecule has 2 aromatic rings. The molecule has 8 nitrogen and oxygen atoms in total. The Hall–Kier alpha value is -5.32. The Morgan fingerprint density at radius 3 is 0.936 bits per heavy atom. The van der Waals surface area contributed by atoms with E-state index >= 15 is 0 Å². The lowest BCUT2D eigenvalue weighted by molar-refractivity contribution is 0.0685. The molecule has 0 unspecified atom stereocenters. The van der Waals surface area contributed by atoms with Crippen molar-refractivity contribution in [3.05, 3.63) is 106 Å². The van der Waals surface area contributed by atoms with Gasteiger partial charge in [0.2, 0.25) is 11.8 Å². The third-order valence-corrected chi connectivity index (χ3v) is 17.8. The number of nitrogens with zero attached hydrogens (tertiary/aromatic N) is 2. The summed E-state index contributed by atoms with van der Waals surface area (Å²) < 4.78 is 0. The molecule has 4 aliphatic rings. The van der Waals surface area contributed by atoms with Crippen molar-refractivity contribution in [2.75, 3.05) is 13.1 Å². The van der Waals surface area contributed by atoms with Crippen LogP contribution in [0.1, 0.15) is 239 Å². The van der Waals surface area contributed by atoms with E-state index in [-0.39, 0.29) is 57.0 Å². The molecule has 0 aromatic carbocycles. The van der Waals surface area contributed by atoms with Crippen LogP contribution in [0.5, 0.6) is 0 Å². The average molecular weight is 1100 g/mol. The van der Waals surface area contributed by atoms with Gasteiger partial charge in [-0.05, 0) is 93.8 Å². The predicted octanol–water partition coefficient (Wildman–Crippen LogP) is 21.3. The summed E-state index contributed by atoms with van der Waals surface area (Å²) in [5, 5.41) is 52.7. The first-order valence-corrected chi connectivity index (χ1v) is 32.1. The Labute approximate surface area is 476 Å². The van der Waals surface area contributed by atoms with Crippen LogP contribution in [-0.2, 0) is 0 Å². The van der Waals surface area contributed by atoms with Crippen LogP contribution in [-0.4, -0.2) is 57.2 Å². The minimum atomic E-state index is -1.28. The molecular formula is C68H92N2O6S2. The molecule has 0 spiro atoms. The molecule has 0 saturated carbocycles. The molecule has 0 radical (unpaired) electrons. The number of carboxylic acid groups (broad SMARTS) is 2. The van der Waals surface area contributed by atoms with E-state index in [4.69, 9.17) is 9.98 Å². The van der Waals surface area contributed by atoms with Gasteiger partial charge >= 0.3 is 11.9 Å². The number of hydrogen-bond acceptors (Lipinski definition) is 6. The highest BCUT2D eigenvalue weighted by Gasteiger charge is 2.39. The smallest absolute Gasteiger partial charge is 0.336 e. The number of aliphatic hydroxyl groups excluding tert-OH is 2. The van der Waals surface area contributed by atoms with Crippen molar-refractivity contribution in [1.29, 1.82) is 0 Å². The quantitative estimate of drug-likeness (QED) is 0.0172. The fourth-order valence-corrected chi connectivity index (χ4v) is 13.0. The number of rotatable bonds is 39. The van der Waals surface area contributed by atoms with E-state index in [0.29, 0.717) is 35.3 Å². The summed E-state index contributed by atoms with van der Waals surface area (Å²) in [5.41, 5.74) is 3.30. The fourth-order valence-electron chi connectivity index (χ4n) is 11.5. The summed E-state index contributed by atoms with van der Waals surface area (Å²) in [6.07, 6.45) is 32.2. The lowest BCUT2D eigenvalue weighted by atomic mass is 9.93. The second-order valence-electron chi connectivity index (χ2n) is 22.0. The Kier molecular flexibility index (Phi) is 26.9. The van der Waals surface area contributed by atoms with Crippen LogP contribution in [0.4, 0.5) is 0 Å². The van der Waals surface area contributed by atoms with Gasteiger partial charge in [0.25, 0.3) is 0 Å². The van der Waals surface area contributed by atoms with Crippen molar-refractivity contribution in [3.8, 4) is 54.3 Å². The van der Waals surface area contributed by atoms with Gasteiger partial charge in [-0.25, -0.2) is 9.59 Å². The Balaban J connectivity index is 1.55. The highest BCUT2D eigenvalue weighted by molar-refractivity contribution is 7.13. The minimum Gasteiger partial charge on any atom is -0.493 e. The number of aromatic carboxylic acids is 2. The highest BCUT2D eigenvalue weighted by Crippen LogP contribution is 2.51. The normalized spacial score (nSPS) is 12.3. The van der Waals surface area contributed by atoms with Crippen molar-refractivity contribution in [3.63, 3.8) is 0 Å². The maximum absolute atomic E-state index is 14.2. The van der Waals surface area contributed by atoms with Crippen LogP contribution in [0.3, 0.4) is 0 Å². The first-order valence-electron chi connectivity index (χ1n) is 30.3. The summed E-state index contributed by atoms with van der Waals surface area (Å²) in [4.78, 5) is 40.4. The number of hydrogen-bond donors (Lipinski definition) is 4. The van der Waals surface area contributed by atoms with E-state index < -0.39 is 11.9 Å². The molecule has 0 aliphatic heterocycles. The van der Waals surface area contributed by atoms with Crippen LogP contribution < -0.4 is 0 Å². The summed E-state index contributed by atoms with van der Waals surface area (Å²) >= 11 is 3.15. The minimum absolute atomic E-state index is 0.0215. The Morgan fingerprint density at radius 1 is 0.385 bits per heavy atom.